The fraction of sp³-hybridized carbons (Fsp3) is 0.500. The second kappa shape index (κ2) is 6.36. The predicted octanol–water partition coefficient (Wildman–Crippen LogP) is 1.85. The molecule has 6 heteroatoms. The van der Waals surface area contributed by atoms with Gasteiger partial charge in [0.1, 0.15) is 5.75 Å². The van der Waals surface area contributed by atoms with Gasteiger partial charge in [-0.15, -0.1) is 0 Å². The van der Waals surface area contributed by atoms with Gasteiger partial charge in [0.15, 0.2) is 5.78 Å². The first-order valence-electron chi connectivity index (χ1n) is 7.73. The monoisotopic (exact) mass is 303 g/mol. The van der Waals surface area contributed by atoms with Gasteiger partial charge >= 0.3 is 6.03 Å². The van der Waals surface area contributed by atoms with Crippen LogP contribution in [0.5, 0.6) is 5.75 Å². The molecule has 1 aromatic rings. The SMILES string of the molecule is NCCC1CCN(C(=O)Nc2ccc3c(c2)C(=O)CCO3)C1. The van der Waals surface area contributed by atoms with Crippen molar-refractivity contribution in [3.63, 3.8) is 0 Å². The molecule has 0 radical (unpaired) electrons. The molecule has 1 unspecified atom stereocenters. The molecule has 2 heterocycles. The minimum absolute atomic E-state index is 0.0570. The summed E-state index contributed by atoms with van der Waals surface area (Å²) in [5, 5.41) is 2.87. The van der Waals surface area contributed by atoms with Crippen LogP contribution >= 0.6 is 0 Å². The minimum atomic E-state index is -0.122. The molecule has 2 amide bonds. The molecule has 2 aliphatic heterocycles. The van der Waals surface area contributed by atoms with Gasteiger partial charge in [0.25, 0.3) is 0 Å². The average Bonchev–Trinajstić information content (AvgIpc) is 2.97. The van der Waals surface area contributed by atoms with Crippen LogP contribution in [-0.2, 0) is 0 Å². The number of carbonyl (C=O) groups excluding carboxylic acids is 2. The lowest BCUT2D eigenvalue weighted by molar-refractivity contribution is 0.0933. The molecule has 1 atom stereocenters. The van der Waals surface area contributed by atoms with E-state index < -0.39 is 0 Å². The average molecular weight is 303 g/mol. The number of carbonyl (C=O) groups is 2. The number of fused-ring (bicyclic) bond motifs is 1. The lowest BCUT2D eigenvalue weighted by Crippen LogP contribution is -2.33. The molecule has 118 valence electrons. The Kier molecular flexibility index (Phi) is 4.29. The number of ketones is 1. The molecule has 1 fully saturated rings. The van der Waals surface area contributed by atoms with Crippen LogP contribution in [0.1, 0.15) is 29.6 Å². The molecule has 3 rings (SSSR count). The number of likely N-dealkylation sites (tertiary alicyclic amines) is 1. The maximum absolute atomic E-state index is 12.3. The number of nitrogens with zero attached hydrogens (tertiary/aromatic N) is 1. The van der Waals surface area contributed by atoms with E-state index in [1.54, 1.807) is 23.1 Å². The molecule has 0 aromatic heterocycles. The van der Waals surface area contributed by atoms with Crippen molar-refractivity contribution in [2.75, 3.05) is 31.6 Å². The van der Waals surface area contributed by atoms with Crippen LogP contribution in [0.4, 0.5) is 10.5 Å². The lowest BCUT2D eigenvalue weighted by atomic mass is 10.0. The second-order valence-corrected chi connectivity index (χ2v) is 5.84. The highest BCUT2D eigenvalue weighted by molar-refractivity contribution is 6.01. The highest BCUT2D eigenvalue weighted by Gasteiger charge is 2.26. The van der Waals surface area contributed by atoms with Crippen molar-refractivity contribution in [2.24, 2.45) is 11.7 Å². The van der Waals surface area contributed by atoms with Crippen molar-refractivity contribution in [3.8, 4) is 5.75 Å². The van der Waals surface area contributed by atoms with Crippen LogP contribution in [0, 0.1) is 5.92 Å². The van der Waals surface area contributed by atoms with Crippen LogP contribution in [0.15, 0.2) is 18.2 Å². The van der Waals surface area contributed by atoms with E-state index in [-0.39, 0.29) is 11.8 Å². The van der Waals surface area contributed by atoms with Gasteiger partial charge in [-0.1, -0.05) is 0 Å². The van der Waals surface area contributed by atoms with Gasteiger partial charge in [0.2, 0.25) is 0 Å². The fourth-order valence-corrected chi connectivity index (χ4v) is 3.03. The first kappa shape index (κ1) is 14.8. The number of urea groups is 1. The van der Waals surface area contributed by atoms with E-state index in [4.69, 9.17) is 10.5 Å². The Hall–Kier alpha value is -2.08. The minimum Gasteiger partial charge on any atom is -0.492 e. The van der Waals surface area contributed by atoms with Crippen LogP contribution in [0.3, 0.4) is 0 Å². The van der Waals surface area contributed by atoms with Crippen molar-refractivity contribution in [1.29, 1.82) is 0 Å². The normalized spacial score (nSPS) is 20.5. The fourth-order valence-electron chi connectivity index (χ4n) is 3.03. The van der Waals surface area contributed by atoms with E-state index in [0.29, 0.717) is 42.5 Å². The van der Waals surface area contributed by atoms with E-state index in [1.807, 2.05) is 0 Å². The Bertz CT molecular complexity index is 588. The van der Waals surface area contributed by atoms with Gasteiger partial charge in [-0.3, -0.25) is 4.79 Å². The third-order valence-electron chi connectivity index (χ3n) is 4.27. The number of Topliss-reactive ketones (excluding diaryl/α,β-unsaturated/α-hetero) is 1. The zero-order valence-corrected chi connectivity index (χ0v) is 12.5. The van der Waals surface area contributed by atoms with Crippen LogP contribution in [-0.4, -0.2) is 43.0 Å². The maximum atomic E-state index is 12.3. The largest absolute Gasteiger partial charge is 0.492 e. The van der Waals surface area contributed by atoms with E-state index >= 15 is 0 Å². The number of anilines is 1. The van der Waals surface area contributed by atoms with Crippen molar-refractivity contribution in [2.45, 2.75) is 19.3 Å². The Labute approximate surface area is 129 Å². The number of ether oxygens (including phenoxy) is 1. The summed E-state index contributed by atoms with van der Waals surface area (Å²) in [4.78, 5) is 26.0. The molecular weight excluding hydrogens is 282 g/mol. The van der Waals surface area contributed by atoms with Gasteiger partial charge in [0, 0.05) is 25.2 Å². The summed E-state index contributed by atoms with van der Waals surface area (Å²) in [6, 6.07) is 5.08. The van der Waals surface area contributed by atoms with Crippen LogP contribution in [0.2, 0.25) is 0 Å². The van der Waals surface area contributed by atoms with Gasteiger partial charge in [0.05, 0.1) is 12.2 Å². The third kappa shape index (κ3) is 3.06. The first-order valence-corrected chi connectivity index (χ1v) is 7.73. The molecule has 0 saturated carbocycles. The summed E-state index contributed by atoms with van der Waals surface area (Å²) in [6.07, 6.45) is 2.34. The molecule has 3 N–H and O–H groups in total. The van der Waals surface area contributed by atoms with Crippen molar-refractivity contribution >= 4 is 17.5 Å². The Morgan fingerprint density at radius 3 is 3.14 bits per heavy atom. The molecule has 1 saturated heterocycles. The molecule has 1 aromatic carbocycles. The summed E-state index contributed by atoms with van der Waals surface area (Å²) in [7, 11) is 0. The summed E-state index contributed by atoms with van der Waals surface area (Å²) >= 11 is 0. The number of benzene rings is 1. The van der Waals surface area contributed by atoms with Crippen molar-refractivity contribution in [1.82, 2.24) is 4.90 Å². The Balaban J connectivity index is 1.65. The number of hydrogen-bond donors (Lipinski definition) is 2. The van der Waals surface area contributed by atoms with Crippen molar-refractivity contribution in [3.05, 3.63) is 23.8 Å². The Morgan fingerprint density at radius 1 is 1.45 bits per heavy atom. The quantitative estimate of drug-likeness (QED) is 0.892. The molecular formula is C16H21N3O3. The maximum Gasteiger partial charge on any atom is 0.321 e. The molecule has 0 spiro atoms. The summed E-state index contributed by atoms with van der Waals surface area (Å²) in [5.74, 6) is 1.15. The summed E-state index contributed by atoms with van der Waals surface area (Å²) in [6.45, 7) is 2.58. The van der Waals surface area contributed by atoms with E-state index in [1.165, 1.54) is 0 Å². The van der Waals surface area contributed by atoms with Crippen LogP contribution < -0.4 is 15.8 Å². The van der Waals surface area contributed by atoms with Gasteiger partial charge < -0.3 is 20.7 Å². The van der Waals surface area contributed by atoms with Gasteiger partial charge in [-0.25, -0.2) is 4.79 Å². The van der Waals surface area contributed by atoms with Gasteiger partial charge in [-0.2, -0.15) is 0 Å². The van der Waals surface area contributed by atoms with E-state index in [9.17, 15) is 9.59 Å². The molecule has 6 nitrogen and oxygen atoms in total. The zero-order chi connectivity index (χ0) is 15.5. The predicted molar refractivity (Wildman–Crippen MR) is 83.3 cm³/mol. The molecule has 2 aliphatic rings. The third-order valence-corrected chi connectivity index (χ3v) is 4.27. The number of nitrogens with one attached hydrogen (secondary N) is 1. The van der Waals surface area contributed by atoms with Crippen molar-refractivity contribution < 1.29 is 14.3 Å². The number of rotatable bonds is 3. The standard InChI is InChI=1S/C16H21N3O3/c17-6-3-11-4-7-19(10-11)16(21)18-12-1-2-15-13(9-12)14(20)5-8-22-15/h1-2,9,11H,3-8,10,17H2,(H,18,21). The molecule has 0 aliphatic carbocycles. The smallest absolute Gasteiger partial charge is 0.321 e. The lowest BCUT2D eigenvalue weighted by Gasteiger charge is -2.20. The summed E-state index contributed by atoms with van der Waals surface area (Å²) in [5.41, 5.74) is 6.75. The highest BCUT2D eigenvalue weighted by Crippen LogP contribution is 2.28. The second-order valence-electron chi connectivity index (χ2n) is 5.84. The molecule has 0 bridgehead atoms. The van der Waals surface area contributed by atoms with E-state index in [2.05, 4.69) is 5.32 Å². The molecule has 22 heavy (non-hydrogen) atoms. The number of hydrogen-bond acceptors (Lipinski definition) is 4. The first-order chi connectivity index (χ1) is 10.7. The Morgan fingerprint density at radius 2 is 2.32 bits per heavy atom. The number of amides is 2. The van der Waals surface area contributed by atoms with Gasteiger partial charge in [-0.05, 0) is 43.5 Å². The van der Waals surface area contributed by atoms with E-state index in [0.717, 1.165) is 25.9 Å². The zero-order valence-electron chi connectivity index (χ0n) is 12.5. The van der Waals surface area contributed by atoms with Crippen LogP contribution in [0.25, 0.3) is 0 Å². The summed E-state index contributed by atoms with van der Waals surface area (Å²) < 4.78 is 5.44. The highest BCUT2D eigenvalue weighted by atomic mass is 16.5. The topological polar surface area (TPSA) is 84.7 Å². The number of nitrogens with two attached hydrogens (primary N) is 1.